The Morgan fingerprint density at radius 1 is 1.17 bits per heavy atom. The molecule has 0 unspecified atom stereocenters. The zero-order valence-corrected chi connectivity index (χ0v) is 15.1. The quantitative estimate of drug-likeness (QED) is 0.682. The van der Waals surface area contributed by atoms with Crippen LogP contribution in [-0.2, 0) is 4.79 Å². The topological polar surface area (TPSA) is 54.9 Å². The Morgan fingerprint density at radius 3 is 2.71 bits per heavy atom. The molecule has 0 radical (unpaired) electrons. The minimum atomic E-state index is -0.0513. The Balaban J connectivity index is 1.64. The van der Waals surface area contributed by atoms with E-state index in [1.165, 1.54) is 28.7 Å². The summed E-state index contributed by atoms with van der Waals surface area (Å²) in [5, 5.41) is 3.50. The van der Waals surface area contributed by atoms with Gasteiger partial charge in [0.05, 0.1) is 22.0 Å². The largest absolute Gasteiger partial charge is 0.301 e. The van der Waals surface area contributed by atoms with E-state index in [0.717, 1.165) is 21.2 Å². The number of thioether (sulfide) groups is 1. The van der Waals surface area contributed by atoms with Gasteiger partial charge in [0.1, 0.15) is 0 Å². The molecular weight excluding hydrogens is 338 g/mol. The van der Waals surface area contributed by atoms with Crippen molar-refractivity contribution in [3.05, 3.63) is 59.9 Å². The summed E-state index contributed by atoms with van der Waals surface area (Å²) in [6.07, 6.45) is 1.76. The molecule has 1 N–H and O–H groups in total. The molecule has 3 aromatic rings. The van der Waals surface area contributed by atoms with Crippen molar-refractivity contribution in [2.24, 2.45) is 0 Å². The molecule has 0 saturated heterocycles. The number of thiazole rings is 1. The fraction of sp³-hybridized carbons (Fsp3) is 0.167. The third-order valence-corrected chi connectivity index (χ3v) is 5.66. The Morgan fingerprint density at radius 2 is 1.96 bits per heavy atom. The molecule has 0 aliphatic carbocycles. The minimum Gasteiger partial charge on any atom is -0.301 e. The van der Waals surface area contributed by atoms with Crippen LogP contribution in [0.4, 0.5) is 5.13 Å². The van der Waals surface area contributed by atoms with Gasteiger partial charge in [-0.2, -0.15) is 0 Å². The van der Waals surface area contributed by atoms with Crippen molar-refractivity contribution >= 4 is 34.1 Å². The second kappa shape index (κ2) is 7.59. The highest BCUT2D eigenvalue weighted by Gasteiger charge is 2.13. The van der Waals surface area contributed by atoms with Crippen molar-refractivity contribution in [3.63, 3.8) is 0 Å². The molecule has 24 heavy (non-hydrogen) atoms. The molecule has 1 amide bonds. The molecule has 6 heteroatoms. The van der Waals surface area contributed by atoms with Crippen LogP contribution in [0.15, 0.2) is 53.6 Å². The zero-order valence-electron chi connectivity index (χ0n) is 13.4. The van der Waals surface area contributed by atoms with E-state index in [1.54, 1.807) is 6.20 Å². The molecule has 0 atom stereocenters. The molecule has 2 aromatic heterocycles. The lowest BCUT2D eigenvalue weighted by atomic mass is 10.2. The number of anilines is 1. The number of nitrogens with zero attached hydrogens (tertiary/aromatic N) is 2. The molecular formula is C18H17N3OS2. The molecule has 4 nitrogen and oxygen atoms in total. The van der Waals surface area contributed by atoms with E-state index < -0.39 is 0 Å². The molecule has 0 aliphatic heterocycles. The molecule has 0 bridgehead atoms. The first-order valence-electron chi connectivity index (χ1n) is 7.50. The van der Waals surface area contributed by atoms with E-state index in [0.29, 0.717) is 10.9 Å². The fourth-order valence-corrected chi connectivity index (χ4v) is 3.99. The van der Waals surface area contributed by atoms with Crippen LogP contribution in [0.2, 0.25) is 0 Å². The first kappa shape index (κ1) is 16.7. The highest BCUT2D eigenvalue weighted by molar-refractivity contribution is 8.00. The lowest BCUT2D eigenvalue weighted by Crippen LogP contribution is -2.13. The smallest absolute Gasteiger partial charge is 0.236 e. The van der Waals surface area contributed by atoms with Gasteiger partial charge in [0.2, 0.25) is 5.91 Å². The van der Waals surface area contributed by atoms with Gasteiger partial charge < -0.3 is 5.32 Å². The number of benzene rings is 1. The monoisotopic (exact) mass is 355 g/mol. The van der Waals surface area contributed by atoms with Crippen LogP contribution in [0.25, 0.3) is 10.6 Å². The summed E-state index contributed by atoms with van der Waals surface area (Å²) in [4.78, 5) is 23.1. The molecule has 0 saturated carbocycles. The van der Waals surface area contributed by atoms with Crippen molar-refractivity contribution in [1.82, 2.24) is 9.97 Å². The third-order valence-electron chi connectivity index (χ3n) is 3.39. The van der Waals surface area contributed by atoms with E-state index in [1.807, 2.05) is 56.3 Å². The van der Waals surface area contributed by atoms with Crippen LogP contribution < -0.4 is 5.32 Å². The summed E-state index contributed by atoms with van der Waals surface area (Å²) >= 11 is 2.99. The highest BCUT2D eigenvalue weighted by Crippen LogP contribution is 2.31. The van der Waals surface area contributed by atoms with Crippen LogP contribution in [-0.4, -0.2) is 21.6 Å². The number of aryl methyl sites for hydroxylation is 2. The predicted molar refractivity (Wildman–Crippen MR) is 101 cm³/mol. The van der Waals surface area contributed by atoms with Crippen LogP contribution in [0.5, 0.6) is 0 Å². The standard InChI is InChI=1S/C18H17N3OS2/c1-12-7-3-4-9-15(12)23-11-16(22)21-18-20-13(2)17(24-18)14-8-5-6-10-19-14/h3-10H,11H2,1-2H3,(H,20,21,22). The van der Waals surface area contributed by atoms with Gasteiger partial charge in [-0.3, -0.25) is 9.78 Å². The average Bonchev–Trinajstić information content (AvgIpc) is 2.95. The molecule has 0 fully saturated rings. The van der Waals surface area contributed by atoms with E-state index >= 15 is 0 Å². The van der Waals surface area contributed by atoms with Gasteiger partial charge in [-0.05, 0) is 37.6 Å². The lowest BCUT2D eigenvalue weighted by molar-refractivity contribution is -0.113. The zero-order chi connectivity index (χ0) is 16.9. The second-order valence-corrected chi connectivity index (χ2v) is 7.27. The number of nitrogens with one attached hydrogen (secondary N) is 1. The molecule has 3 rings (SSSR count). The van der Waals surface area contributed by atoms with Gasteiger partial charge in [-0.15, -0.1) is 11.8 Å². The SMILES string of the molecule is Cc1ccccc1SCC(=O)Nc1nc(C)c(-c2ccccn2)s1. The number of pyridine rings is 1. The number of carbonyl (C=O) groups is 1. The average molecular weight is 355 g/mol. The van der Waals surface area contributed by atoms with Gasteiger partial charge in [0.15, 0.2) is 5.13 Å². The van der Waals surface area contributed by atoms with Gasteiger partial charge in [0.25, 0.3) is 0 Å². The lowest BCUT2D eigenvalue weighted by Gasteiger charge is -2.04. The summed E-state index contributed by atoms with van der Waals surface area (Å²) in [7, 11) is 0. The molecule has 0 spiro atoms. The number of carbonyl (C=O) groups excluding carboxylic acids is 1. The van der Waals surface area contributed by atoms with Gasteiger partial charge in [-0.1, -0.05) is 35.6 Å². The van der Waals surface area contributed by atoms with E-state index in [9.17, 15) is 4.79 Å². The van der Waals surface area contributed by atoms with Gasteiger partial charge in [0, 0.05) is 11.1 Å². The predicted octanol–water partition coefficient (Wildman–Crippen LogP) is 4.55. The van der Waals surface area contributed by atoms with Crippen molar-refractivity contribution in [3.8, 4) is 10.6 Å². The Kier molecular flexibility index (Phi) is 5.27. The number of aromatic nitrogens is 2. The van der Waals surface area contributed by atoms with Crippen molar-refractivity contribution in [2.75, 3.05) is 11.1 Å². The molecule has 0 aliphatic rings. The molecule has 122 valence electrons. The van der Waals surface area contributed by atoms with E-state index in [-0.39, 0.29) is 5.91 Å². The van der Waals surface area contributed by atoms with Crippen LogP contribution in [0.3, 0.4) is 0 Å². The summed E-state index contributed by atoms with van der Waals surface area (Å²) < 4.78 is 0. The first-order chi connectivity index (χ1) is 11.6. The van der Waals surface area contributed by atoms with Gasteiger partial charge >= 0.3 is 0 Å². The normalized spacial score (nSPS) is 10.6. The Labute approximate surface area is 149 Å². The van der Waals surface area contributed by atoms with Crippen LogP contribution in [0.1, 0.15) is 11.3 Å². The number of amides is 1. The number of hydrogen-bond acceptors (Lipinski definition) is 5. The summed E-state index contributed by atoms with van der Waals surface area (Å²) in [5.41, 5.74) is 2.93. The van der Waals surface area contributed by atoms with Gasteiger partial charge in [-0.25, -0.2) is 4.98 Å². The molecule has 2 heterocycles. The Bertz CT molecular complexity index is 846. The van der Waals surface area contributed by atoms with Crippen molar-refractivity contribution < 1.29 is 4.79 Å². The van der Waals surface area contributed by atoms with Crippen molar-refractivity contribution in [1.29, 1.82) is 0 Å². The van der Waals surface area contributed by atoms with E-state index in [2.05, 4.69) is 15.3 Å². The van der Waals surface area contributed by atoms with Crippen molar-refractivity contribution in [2.45, 2.75) is 18.7 Å². The minimum absolute atomic E-state index is 0.0513. The first-order valence-corrected chi connectivity index (χ1v) is 9.31. The maximum Gasteiger partial charge on any atom is 0.236 e. The Hall–Kier alpha value is -2.18. The molecule has 1 aromatic carbocycles. The second-order valence-electron chi connectivity index (χ2n) is 5.25. The maximum absolute atomic E-state index is 12.2. The summed E-state index contributed by atoms with van der Waals surface area (Å²) in [6.45, 7) is 3.97. The fourth-order valence-electron chi connectivity index (χ4n) is 2.20. The third kappa shape index (κ3) is 4.01. The summed E-state index contributed by atoms with van der Waals surface area (Å²) in [6, 6.07) is 13.8. The summed E-state index contributed by atoms with van der Waals surface area (Å²) in [5.74, 6) is 0.312. The van der Waals surface area contributed by atoms with E-state index in [4.69, 9.17) is 0 Å². The van der Waals surface area contributed by atoms with Crippen LogP contribution >= 0.6 is 23.1 Å². The highest BCUT2D eigenvalue weighted by atomic mass is 32.2. The number of rotatable bonds is 5. The van der Waals surface area contributed by atoms with Crippen LogP contribution in [0, 0.1) is 13.8 Å². The maximum atomic E-state index is 12.2. The number of hydrogen-bond donors (Lipinski definition) is 1.